The predicted molar refractivity (Wildman–Crippen MR) is 224 cm³/mol. The second-order valence-corrected chi connectivity index (χ2v) is 17.0. The first-order valence-electron chi connectivity index (χ1n) is 23.2. The topological polar surface area (TPSA) is 78.9 Å². The van der Waals surface area contributed by atoms with Gasteiger partial charge in [-0.05, 0) is 31.1 Å². The Morgan fingerprint density at radius 3 is 0.925 bits per heavy atom. The smallest absolute Gasteiger partial charge is 0.306 e. The molecule has 0 spiro atoms. The molecule has 0 aromatic heterocycles. The molecule has 0 saturated heterocycles. The Kier molecular flexibility index (Phi) is 38.9. The summed E-state index contributed by atoms with van der Waals surface area (Å²) in [4.78, 5) is 37.5. The Morgan fingerprint density at radius 2 is 0.623 bits per heavy atom. The van der Waals surface area contributed by atoms with Crippen molar-refractivity contribution in [2.45, 2.75) is 259 Å². The van der Waals surface area contributed by atoms with Crippen molar-refractivity contribution in [3.63, 3.8) is 0 Å². The zero-order valence-corrected chi connectivity index (χ0v) is 36.1. The quantitative estimate of drug-likeness (QED) is 0.0352. The minimum absolute atomic E-state index is 0.0655. The largest absolute Gasteiger partial charge is 0.462 e. The first-order chi connectivity index (χ1) is 25.7. The minimum atomic E-state index is -0.759. The molecular weight excluding hydrogens is 661 g/mol. The van der Waals surface area contributed by atoms with Gasteiger partial charge < -0.3 is 14.2 Å². The van der Waals surface area contributed by atoms with E-state index >= 15 is 0 Å². The first kappa shape index (κ1) is 51.4. The van der Waals surface area contributed by atoms with Crippen LogP contribution in [0, 0.1) is 11.8 Å². The molecule has 0 aliphatic heterocycles. The van der Waals surface area contributed by atoms with Crippen LogP contribution < -0.4 is 0 Å². The van der Waals surface area contributed by atoms with Crippen LogP contribution in [-0.2, 0) is 28.6 Å². The Balaban J connectivity index is 4.17. The number of hydrogen-bond donors (Lipinski definition) is 0. The van der Waals surface area contributed by atoms with E-state index in [4.69, 9.17) is 14.2 Å². The Morgan fingerprint density at radius 1 is 0.358 bits per heavy atom. The number of carbonyl (C=O) groups excluding carboxylic acids is 3. The van der Waals surface area contributed by atoms with Crippen molar-refractivity contribution in [2.24, 2.45) is 11.8 Å². The van der Waals surface area contributed by atoms with Crippen molar-refractivity contribution in [3.05, 3.63) is 0 Å². The van der Waals surface area contributed by atoms with E-state index in [1.54, 1.807) is 0 Å². The third-order valence-electron chi connectivity index (χ3n) is 10.5. The van der Waals surface area contributed by atoms with Crippen molar-refractivity contribution in [3.8, 4) is 0 Å². The van der Waals surface area contributed by atoms with E-state index < -0.39 is 6.10 Å². The second kappa shape index (κ2) is 40.1. The zero-order valence-electron chi connectivity index (χ0n) is 36.1. The molecule has 0 aromatic rings. The second-order valence-electron chi connectivity index (χ2n) is 17.0. The average molecular weight is 751 g/mol. The van der Waals surface area contributed by atoms with Gasteiger partial charge >= 0.3 is 17.9 Å². The molecule has 0 fully saturated rings. The molecule has 0 aromatic carbocycles. The molecule has 0 unspecified atom stereocenters. The first-order valence-corrected chi connectivity index (χ1v) is 23.2. The van der Waals surface area contributed by atoms with Gasteiger partial charge in [0.1, 0.15) is 13.2 Å². The van der Waals surface area contributed by atoms with Crippen LogP contribution in [-0.4, -0.2) is 37.2 Å². The summed E-state index contributed by atoms with van der Waals surface area (Å²) in [7, 11) is 0. The van der Waals surface area contributed by atoms with Crippen LogP contribution in [0.25, 0.3) is 0 Å². The van der Waals surface area contributed by atoms with E-state index in [-0.39, 0.29) is 31.1 Å². The highest BCUT2D eigenvalue weighted by Gasteiger charge is 2.19. The fourth-order valence-corrected chi connectivity index (χ4v) is 6.93. The summed E-state index contributed by atoms with van der Waals surface area (Å²) in [5.41, 5.74) is 0. The standard InChI is InChI=1S/C47H90O6/c1-6-7-8-25-32-37-45(48)51-40-44(53-47(50)39-34-29-24-20-16-12-14-18-22-27-31-36-43(4)5)41-52-46(49)38-33-28-23-19-15-11-9-10-13-17-21-26-30-35-42(2)3/h42-44H,6-41H2,1-5H3/t44-/m0/s1. The lowest BCUT2D eigenvalue weighted by molar-refractivity contribution is -0.167. The highest BCUT2D eigenvalue weighted by molar-refractivity contribution is 5.71. The van der Waals surface area contributed by atoms with Gasteiger partial charge in [0, 0.05) is 19.3 Å². The van der Waals surface area contributed by atoms with Crippen LogP contribution in [0.2, 0.25) is 0 Å². The normalized spacial score (nSPS) is 12.1. The molecule has 0 N–H and O–H groups in total. The van der Waals surface area contributed by atoms with E-state index in [2.05, 4.69) is 34.6 Å². The van der Waals surface area contributed by atoms with E-state index in [1.165, 1.54) is 135 Å². The maximum absolute atomic E-state index is 12.7. The van der Waals surface area contributed by atoms with E-state index in [1.807, 2.05) is 0 Å². The van der Waals surface area contributed by atoms with Gasteiger partial charge in [0.2, 0.25) is 0 Å². The molecular formula is C47H90O6. The number of rotatable bonds is 41. The number of carbonyl (C=O) groups is 3. The van der Waals surface area contributed by atoms with Gasteiger partial charge in [-0.2, -0.15) is 0 Å². The van der Waals surface area contributed by atoms with E-state index in [9.17, 15) is 14.4 Å². The van der Waals surface area contributed by atoms with Crippen LogP contribution in [0.5, 0.6) is 0 Å². The summed E-state index contributed by atoms with van der Waals surface area (Å²) in [5.74, 6) is 0.796. The molecule has 0 heterocycles. The summed E-state index contributed by atoms with van der Waals surface area (Å²) >= 11 is 0. The molecule has 6 heteroatoms. The molecule has 0 bridgehead atoms. The summed E-state index contributed by atoms with van der Waals surface area (Å²) in [6.07, 6.45) is 38.3. The van der Waals surface area contributed by atoms with E-state index in [0.717, 1.165) is 76.0 Å². The average Bonchev–Trinajstić information content (AvgIpc) is 3.12. The number of ether oxygens (including phenoxy) is 3. The summed E-state index contributed by atoms with van der Waals surface area (Å²) in [5, 5.41) is 0. The number of hydrogen-bond acceptors (Lipinski definition) is 6. The molecule has 6 nitrogen and oxygen atoms in total. The molecule has 53 heavy (non-hydrogen) atoms. The van der Waals surface area contributed by atoms with Gasteiger partial charge in [-0.25, -0.2) is 0 Å². The van der Waals surface area contributed by atoms with Crippen molar-refractivity contribution in [2.75, 3.05) is 13.2 Å². The SMILES string of the molecule is CCCCCCCC(=O)OC[C@@H](COC(=O)CCCCCCCCCCCCCCCC(C)C)OC(=O)CCCCCCCCCCCCCC(C)C. The maximum atomic E-state index is 12.7. The van der Waals surface area contributed by atoms with Crippen molar-refractivity contribution in [1.82, 2.24) is 0 Å². The number of esters is 3. The van der Waals surface area contributed by atoms with Gasteiger partial charge in [0.15, 0.2) is 6.10 Å². The van der Waals surface area contributed by atoms with Crippen molar-refractivity contribution in [1.29, 1.82) is 0 Å². The van der Waals surface area contributed by atoms with Crippen LogP contribution >= 0.6 is 0 Å². The lowest BCUT2D eigenvalue weighted by Crippen LogP contribution is -2.30. The van der Waals surface area contributed by atoms with Gasteiger partial charge in [-0.15, -0.1) is 0 Å². The Labute approximate surface area is 329 Å². The molecule has 314 valence electrons. The lowest BCUT2D eigenvalue weighted by Gasteiger charge is -2.18. The monoisotopic (exact) mass is 751 g/mol. The summed E-state index contributed by atoms with van der Waals surface area (Å²) in [6.45, 7) is 11.3. The summed E-state index contributed by atoms with van der Waals surface area (Å²) in [6, 6.07) is 0. The Bertz CT molecular complexity index is 809. The van der Waals surface area contributed by atoms with Crippen LogP contribution in [0.15, 0.2) is 0 Å². The highest BCUT2D eigenvalue weighted by atomic mass is 16.6. The van der Waals surface area contributed by atoms with Gasteiger partial charge in [0.25, 0.3) is 0 Å². The van der Waals surface area contributed by atoms with Crippen LogP contribution in [0.4, 0.5) is 0 Å². The predicted octanol–water partition coefficient (Wildman–Crippen LogP) is 14.6. The maximum Gasteiger partial charge on any atom is 0.306 e. The lowest BCUT2D eigenvalue weighted by atomic mass is 10.0. The Hall–Kier alpha value is -1.59. The summed E-state index contributed by atoms with van der Waals surface area (Å²) < 4.78 is 16.6. The van der Waals surface area contributed by atoms with E-state index in [0.29, 0.717) is 19.3 Å². The molecule has 1 atom stereocenters. The molecule has 0 amide bonds. The van der Waals surface area contributed by atoms with Crippen molar-refractivity contribution >= 4 is 17.9 Å². The van der Waals surface area contributed by atoms with Crippen LogP contribution in [0.1, 0.15) is 253 Å². The molecule has 0 rings (SSSR count). The van der Waals surface area contributed by atoms with Gasteiger partial charge in [-0.3, -0.25) is 14.4 Å². The van der Waals surface area contributed by atoms with Crippen LogP contribution in [0.3, 0.4) is 0 Å². The zero-order chi connectivity index (χ0) is 39.0. The highest BCUT2D eigenvalue weighted by Crippen LogP contribution is 2.17. The third kappa shape index (κ3) is 41.4. The van der Waals surface area contributed by atoms with Gasteiger partial charge in [-0.1, -0.05) is 214 Å². The molecule has 0 aliphatic carbocycles. The third-order valence-corrected chi connectivity index (χ3v) is 10.5. The molecule has 0 aliphatic rings. The fourth-order valence-electron chi connectivity index (χ4n) is 6.93. The fraction of sp³-hybridized carbons (Fsp3) is 0.936. The minimum Gasteiger partial charge on any atom is -0.462 e. The number of unbranched alkanes of at least 4 members (excludes halogenated alkanes) is 26. The molecule has 0 saturated carbocycles. The van der Waals surface area contributed by atoms with Gasteiger partial charge in [0.05, 0.1) is 0 Å². The molecule has 0 radical (unpaired) electrons. The van der Waals surface area contributed by atoms with Crippen molar-refractivity contribution < 1.29 is 28.6 Å².